The van der Waals surface area contributed by atoms with Gasteiger partial charge in [-0.05, 0) is 19.1 Å². The number of para-hydroxylation sites is 1. The highest BCUT2D eigenvalue weighted by atomic mass is 32.1. The minimum atomic E-state index is -0.530. The van der Waals surface area contributed by atoms with E-state index in [1.807, 2.05) is 30.3 Å². The smallest absolute Gasteiger partial charge is 0.347 e. The van der Waals surface area contributed by atoms with E-state index in [0.717, 1.165) is 10.2 Å². The molecular weight excluding hydrogens is 278 g/mol. The van der Waals surface area contributed by atoms with E-state index in [9.17, 15) is 4.79 Å². The van der Waals surface area contributed by atoms with Crippen molar-refractivity contribution in [1.29, 1.82) is 5.26 Å². The third kappa shape index (κ3) is 3.30. The Balaban J connectivity index is 2.11. The number of fused-ring (bicyclic) bond motifs is 1. The predicted octanol–water partition coefficient (Wildman–Crippen LogP) is 2.10. The lowest BCUT2D eigenvalue weighted by Gasteiger charge is -1.99. The molecule has 0 aliphatic carbocycles. The van der Waals surface area contributed by atoms with Crippen LogP contribution in [0.1, 0.15) is 11.9 Å². The van der Waals surface area contributed by atoms with Crippen molar-refractivity contribution in [3.63, 3.8) is 0 Å². The first-order valence-corrected chi connectivity index (χ1v) is 6.68. The molecule has 102 valence electrons. The van der Waals surface area contributed by atoms with Gasteiger partial charge in [0.05, 0.1) is 16.8 Å². The number of carbonyl (C=O) groups is 1. The number of nitrogens with zero attached hydrogens (tertiary/aromatic N) is 3. The van der Waals surface area contributed by atoms with Crippen molar-refractivity contribution >= 4 is 33.2 Å². The summed E-state index contributed by atoms with van der Waals surface area (Å²) < 4.78 is 5.64. The van der Waals surface area contributed by atoms with Crippen LogP contribution in [0.25, 0.3) is 10.2 Å². The van der Waals surface area contributed by atoms with Gasteiger partial charge in [0.25, 0.3) is 0 Å². The lowest BCUT2D eigenvalue weighted by molar-refractivity contribution is -0.148. The second-order valence-electron chi connectivity index (χ2n) is 3.62. The fourth-order valence-corrected chi connectivity index (χ4v) is 2.33. The Morgan fingerprint density at radius 1 is 1.50 bits per heavy atom. The fraction of sp³-hybridized carbons (Fsp3) is 0.231. The lowest BCUT2D eigenvalue weighted by Crippen LogP contribution is -2.11. The van der Waals surface area contributed by atoms with Crippen LogP contribution in [0.2, 0.25) is 0 Å². The summed E-state index contributed by atoms with van der Waals surface area (Å²) in [6.45, 7) is 1.64. The van der Waals surface area contributed by atoms with Crippen LogP contribution >= 0.6 is 11.3 Å². The summed E-state index contributed by atoms with van der Waals surface area (Å²) in [6, 6.07) is 9.43. The summed E-state index contributed by atoms with van der Waals surface area (Å²) in [5.41, 5.74) is 0.830. The van der Waals surface area contributed by atoms with Gasteiger partial charge in [0.2, 0.25) is 12.3 Å². The van der Waals surface area contributed by atoms with Gasteiger partial charge in [0.1, 0.15) is 6.07 Å². The molecule has 0 saturated carbocycles. The Labute approximate surface area is 119 Å². The van der Waals surface area contributed by atoms with Crippen molar-refractivity contribution in [2.75, 3.05) is 13.2 Å². The summed E-state index contributed by atoms with van der Waals surface area (Å²) in [6.07, 6.45) is 0. The minimum Gasteiger partial charge on any atom is -0.463 e. The maximum Gasteiger partial charge on any atom is 0.347 e. The zero-order valence-corrected chi connectivity index (χ0v) is 11.5. The Morgan fingerprint density at radius 2 is 2.30 bits per heavy atom. The molecule has 0 radical (unpaired) electrons. The van der Waals surface area contributed by atoms with Crippen molar-refractivity contribution in [3.05, 3.63) is 29.3 Å². The molecule has 1 aromatic heterocycles. The molecule has 0 N–H and O–H groups in total. The molecule has 0 amide bonds. The Hall–Kier alpha value is -2.46. The molecule has 0 bridgehead atoms. The van der Waals surface area contributed by atoms with E-state index in [-0.39, 0.29) is 18.9 Å². The number of thiazole rings is 1. The second kappa shape index (κ2) is 6.63. The van der Waals surface area contributed by atoms with Crippen LogP contribution in [0.4, 0.5) is 0 Å². The number of hydrogen-bond donors (Lipinski definition) is 0. The van der Waals surface area contributed by atoms with Crippen molar-refractivity contribution in [3.8, 4) is 6.07 Å². The number of hydrogen-bond acceptors (Lipinski definition) is 7. The minimum absolute atomic E-state index is 0.0375. The molecule has 0 aliphatic heterocycles. The van der Waals surface area contributed by atoms with Gasteiger partial charge in [-0.1, -0.05) is 17.3 Å². The number of esters is 1. The van der Waals surface area contributed by atoms with Gasteiger partial charge in [0.15, 0.2) is 5.01 Å². The molecule has 1 aromatic carbocycles. The SMILES string of the molecule is CCOC(=O)CO/N=C(\C#N)c1nc2ccccc2s1. The quantitative estimate of drug-likeness (QED) is 0.478. The average molecular weight is 289 g/mol. The standard InChI is InChI=1S/C13H11N3O3S/c1-2-18-12(17)8-19-16-10(7-14)13-15-9-5-3-4-6-11(9)20-13/h3-6H,2,8H2,1H3/b16-10+. The first kappa shape index (κ1) is 14.0. The summed E-state index contributed by atoms with van der Waals surface area (Å²) >= 11 is 1.34. The zero-order chi connectivity index (χ0) is 14.4. The van der Waals surface area contributed by atoms with Crippen LogP contribution in [-0.2, 0) is 14.4 Å². The lowest BCUT2D eigenvalue weighted by atomic mass is 10.3. The Bertz CT molecular complexity index is 654. The van der Waals surface area contributed by atoms with E-state index in [1.54, 1.807) is 6.92 Å². The van der Waals surface area contributed by atoms with Gasteiger partial charge in [-0.25, -0.2) is 9.78 Å². The summed E-state index contributed by atoms with van der Waals surface area (Å²) in [5, 5.41) is 13.2. The largest absolute Gasteiger partial charge is 0.463 e. The highest BCUT2D eigenvalue weighted by Crippen LogP contribution is 2.21. The Morgan fingerprint density at radius 3 is 3.00 bits per heavy atom. The van der Waals surface area contributed by atoms with Gasteiger partial charge < -0.3 is 9.57 Å². The molecule has 7 heteroatoms. The fourth-order valence-electron chi connectivity index (χ4n) is 1.43. The maximum atomic E-state index is 11.1. The van der Waals surface area contributed by atoms with Crippen LogP contribution in [0.15, 0.2) is 29.4 Å². The number of aromatic nitrogens is 1. The third-order valence-electron chi connectivity index (χ3n) is 2.25. The van der Waals surface area contributed by atoms with Crippen LogP contribution < -0.4 is 0 Å². The van der Waals surface area contributed by atoms with Crippen molar-refractivity contribution < 1.29 is 14.4 Å². The first-order chi connectivity index (χ1) is 9.74. The van der Waals surface area contributed by atoms with Crippen molar-refractivity contribution in [1.82, 2.24) is 4.98 Å². The highest BCUT2D eigenvalue weighted by Gasteiger charge is 2.11. The molecule has 0 saturated heterocycles. The van der Waals surface area contributed by atoms with Crippen LogP contribution in [-0.4, -0.2) is 29.9 Å². The second-order valence-corrected chi connectivity index (χ2v) is 4.65. The van der Waals surface area contributed by atoms with E-state index in [4.69, 9.17) is 10.1 Å². The topological polar surface area (TPSA) is 84.6 Å². The maximum absolute atomic E-state index is 11.1. The van der Waals surface area contributed by atoms with E-state index >= 15 is 0 Å². The van der Waals surface area contributed by atoms with Gasteiger partial charge in [-0.3, -0.25) is 0 Å². The number of rotatable bonds is 5. The first-order valence-electron chi connectivity index (χ1n) is 5.86. The van der Waals surface area contributed by atoms with Crippen molar-refractivity contribution in [2.24, 2.45) is 5.16 Å². The number of nitriles is 1. The summed E-state index contributed by atoms with van der Waals surface area (Å²) in [4.78, 5) is 20.2. The van der Waals surface area contributed by atoms with Gasteiger partial charge in [-0.2, -0.15) is 5.26 Å². The van der Waals surface area contributed by atoms with Crippen LogP contribution in [0.5, 0.6) is 0 Å². The normalized spacial score (nSPS) is 11.1. The number of benzene rings is 1. The van der Waals surface area contributed by atoms with E-state index < -0.39 is 5.97 Å². The molecule has 0 spiro atoms. The zero-order valence-electron chi connectivity index (χ0n) is 10.7. The van der Waals surface area contributed by atoms with Gasteiger partial charge >= 0.3 is 5.97 Å². The van der Waals surface area contributed by atoms with Crippen LogP contribution in [0.3, 0.4) is 0 Å². The van der Waals surface area contributed by atoms with Gasteiger partial charge in [-0.15, -0.1) is 11.3 Å². The van der Waals surface area contributed by atoms with Crippen molar-refractivity contribution in [2.45, 2.75) is 6.92 Å². The third-order valence-corrected chi connectivity index (χ3v) is 3.29. The monoisotopic (exact) mass is 289 g/mol. The number of ether oxygens (including phenoxy) is 1. The summed E-state index contributed by atoms with van der Waals surface area (Å²) in [5.74, 6) is -0.530. The molecule has 0 atom stereocenters. The van der Waals surface area contributed by atoms with Gasteiger partial charge in [0, 0.05) is 0 Å². The number of oxime groups is 1. The van der Waals surface area contributed by atoms with Crippen LogP contribution in [0, 0.1) is 11.3 Å². The molecular formula is C13H11N3O3S. The van der Waals surface area contributed by atoms with E-state index in [0.29, 0.717) is 5.01 Å². The van der Waals surface area contributed by atoms with E-state index in [1.165, 1.54) is 11.3 Å². The molecule has 6 nitrogen and oxygen atoms in total. The van der Waals surface area contributed by atoms with E-state index in [2.05, 4.69) is 14.9 Å². The summed E-state index contributed by atoms with van der Waals surface area (Å²) in [7, 11) is 0. The molecule has 2 rings (SSSR count). The molecule has 0 fully saturated rings. The molecule has 20 heavy (non-hydrogen) atoms. The predicted molar refractivity (Wildman–Crippen MR) is 74.4 cm³/mol. The molecule has 2 aromatic rings. The highest BCUT2D eigenvalue weighted by molar-refractivity contribution is 7.20. The molecule has 1 heterocycles. The molecule has 0 aliphatic rings. The Kier molecular flexibility index (Phi) is 4.63. The average Bonchev–Trinajstić information content (AvgIpc) is 2.87. The molecule has 0 unspecified atom stereocenters. The number of carbonyl (C=O) groups excluding carboxylic acids is 1.